The molecule has 0 saturated carbocycles. The Morgan fingerprint density at radius 1 is 1.62 bits per heavy atom. The minimum atomic E-state index is 0.322. The van der Waals surface area contributed by atoms with Crippen molar-refractivity contribution in [2.75, 3.05) is 33.4 Å². The van der Waals surface area contributed by atoms with E-state index in [-0.39, 0.29) is 0 Å². The van der Waals surface area contributed by atoms with Crippen LogP contribution in [0.1, 0.15) is 19.8 Å². The molecule has 1 saturated heterocycles. The molecule has 2 N–H and O–H groups in total. The fourth-order valence-electron chi connectivity index (χ4n) is 1.68. The summed E-state index contributed by atoms with van der Waals surface area (Å²) in [5, 5.41) is 0. The summed E-state index contributed by atoms with van der Waals surface area (Å²) < 4.78 is 5.33. The summed E-state index contributed by atoms with van der Waals surface area (Å²) in [6.07, 6.45) is 2.31. The maximum atomic E-state index is 5.70. The minimum Gasteiger partial charge on any atom is -0.381 e. The minimum absolute atomic E-state index is 0.322. The highest BCUT2D eigenvalue weighted by Crippen LogP contribution is 2.13. The van der Waals surface area contributed by atoms with Crippen molar-refractivity contribution in [3.05, 3.63) is 0 Å². The van der Waals surface area contributed by atoms with Crippen LogP contribution in [0.25, 0.3) is 0 Å². The first kappa shape index (κ1) is 11.0. The van der Waals surface area contributed by atoms with E-state index in [0.29, 0.717) is 6.04 Å². The predicted molar refractivity (Wildman–Crippen MR) is 54.7 cm³/mol. The molecule has 0 aliphatic carbocycles. The Morgan fingerprint density at radius 3 is 2.92 bits per heavy atom. The quantitative estimate of drug-likeness (QED) is 0.686. The highest BCUT2D eigenvalue weighted by Gasteiger charge is 2.17. The van der Waals surface area contributed by atoms with Crippen molar-refractivity contribution in [1.29, 1.82) is 0 Å². The van der Waals surface area contributed by atoms with Crippen molar-refractivity contribution in [3.8, 4) is 0 Å². The van der Waals surface area contributed by atoms with Crippen molar-refractivity contribution in [2.24, 2.45) is 11.7 Å². The van der Waals surface area contributed by atoms with Gasteiger partial charge in [-0.25, -0.2) is 0 Å². The Kier molecular flexibility index (Phi) is 4.70. The lowest BCUT2D eigenvalue weighted by Gasteiger charge is -2.20. The fourth-order valence-corrected chi connectivity index (χ4v) is 1.68. The molecule has 3 nitrogen and oxygen atoms in total. The van der Waals surface area contributed by atoms with Crippen LogP contribution in [-0.4, -0.2) is 44.3 Å². The zero-order chi connectivity index (χ0) is 9.68. The molecule has 1 heterocycles. The number of nitrogens with two attached hydrogens (primary N) is 1. The van der Waals surface area contributed by atoms with Gasteiger partial charge in [0, 0.05) is 19.2 Å². The van der Waals surface area contributed by atoms with E-state index in [4.69, 9.17) is 10.5 Å². The molecular weight excluding hydrogens is 164 g/mol. The van der Waals surface area contributed by atoms with Gasteiger partial charge in [0.1, 0.15) is 0 Å². The molecule has 1 aliphatic rings. The normalized spacial score (nSPS) is 25.4. The molecule has 0 aromatic rings. The van der Waals surface area contributed by atoms with Crippen LogP contribution in [0.4, 0.5) is 0 Å². The molecule has 0 bridgehead atoms. The average molecular weight is 186 g/mol. The Hall–Kier alpha value is -0.120. The average Bonchev–Trinajstić information content (AvgIpc) is 2.53. The Balaban J connectivity index is 2.05. The fraction of sp³-hybridized carbons (Fsp3) is 1.00. The molecule has 0 aromatic carbocycles. The van der Waals surface area contributed by atoms with Crippen molar-refractivity contribution >= 4 is 0 Å². The lowest BCUT2D eigenvalue weighted by Crippen LogP contribution is -2.30. The molecule has 13 heavy (non-hydrogen) atoms. The van der Waals surface area contributed by atoms with E-state index in [1.165, 1.54) is 6.42 Å². The van der Waals surface area contributed by atoms with E-state index in [1.54, 1.807) is 0 Å². The molecule has 0 amide bonds. The predicted octanol–water partition coefficient (Wildman–Crippen LogP) is 0.692. The summed E-state index contributed by atoms with van der Waals surface area (Å²) in [6.45, 7) is 6.22. The second-order valence-corrected chi connectivity index (χ2v) is 4.26. The largest absolute Gasteiger partial charge is 0.381 e. The molecule has 1 rings (SSSR count). The molecule has 1 aliphatic heterocycles. The summed E-state index contributed by atoms with van der Waals surface area (Å²) >= 11 is 0. The first-order valence-corrected chi connectivity index (χ1v) is 5.20. The van der Waals surface area contributed by atoms with Gasteiger partial charge in [0.2, 0.25) is 0 Å². The first-order chi connectivity index (χ1) is 6.18. The first-order valence-electron chi connectivity index (χ1n) is 5.20. The van der Waals surface area contributed by atoms with E-state index >= 15 is 0 Å². The zero-order valence-electron chi connectivity index (χ0n) is 8.83. The monoisotopic (exact) mass is 186 g/mol. The van der Waals surface area contributed by atoms with Gasteiger partial charge in [0.15, 0.2) is 0 Å². The van der Waals surface area contributed by atoms with E-state index in [2.05, 4.69) is 18.9 Å². The summed E-state index contributed by atoms with van der Waals surface area (Å²) in [5.41, 5.74) is 5.70. The molecule has 2 atom stereocenters. The van der Waals surface area contributed by atoms with E-state index < -0.39 is 0 Å². The molecule has 0 aromatic heterocycles. The van der Waals surface area contributed by atoms with Crippen molar-refractivity contribution < 1.29 is 4.74 Å². The lowest BCUT2D eigenvalue weighted by atomic mass is 10.1. The van der Waals surface area contributed by atoms with Gasteiger partial charge in [-0.05, 0) is 39.3 Å². The topological polar surface area (TPSA) is 38.5 Å². The molecule has 0 spiro atoms. The molecule has 1 fully saturated rings. The van der Waals surface area contributed by atoms with Gasteiger partial charge >= 0.3 is 0 Å². The third-order valence-corrected chi connectivity index (χ3v) is 2.56. The Bertz CT molecular complexity index is 133. The number of nitrogens with zero attached hydrogens (tertiary/aromatic N) is 1. The van der Waals surface area contributed by atoms with Crippen LogP contribution in [0.2, 0.25) is 0 Å². The van der Waals surface area contributed by atoms with Crippen molar-refractivity contribution in [2.45, 2.75) is 25.8 Å². The zero-order valence-corrected chi connectivity index (χ0v) is 8.83. The van der Waals surface area contributed by atoms with Gasteiger partial charge in [0.05, 0.1) is 6.61 Å². The number of hydrogen-bond acceptors (Lipinski definition) is 3. The Labute approximate surface area is 81.2 Å². The van der Waals surface area contributed by atoms with Crippen molar-refractivity contribution in [3.63, 3.8) is 0 Å². The number of rotatable bonds is 5. The van der Waals surface area contributed by atoms with Gasteiger partial charge in [-0.1, -0.05) is 0 Å². The highest BCUT2D eigenvalue weighted by molar-refractivity contribution is 4.68. The van der Waals surface area contributed by atoms with Gasteiger partial charge in [-0.2, -0.15) is 0 Å². The SMILES string of the molecule is CC(N)CCN(C)CC1CCOC1. The standard InChI is InChI=1S/C10H22N2O/c1-9(11)3-5-12(2)7-10-4-6-13-8-10/h9-10H,3-8,11H2,1-2H3. The van der Waals surface area contributed by atoms with Crippen LogP contribution in [-0.2, 0) is 4.74 Å². The maximum Gasteiger partial charge on any atom is 0.0507 e. The molecule has 78 valence electrons. The number of hydrogen-bond donors (Lipinski definition) is 1. The summed E-state index contributed by atoms with van der Waals surface area (Å²) in [5.74, 6) is 0.748. The smallest absolute Gasteiger partial charge is 0.0507 e. The van der Waals surface area contributed by atoms with Gasteiger partial charge < -0.3 is 15.4 Å². The van der Waals surface area contributed by atoms with Crippen LogP contribution in [0.5, 0.6) is 0 Å². The van der Waals surface area contributed by atoms with E-state index in [1.807, 2.05) is 0 Å². The Morgan fingerprint density at radius 2 is 2.38 bits per heavy atom. The number of ether oxygens (including phenoxy) is 1. The van der Waals surface area contributed by atoms with E-state index in [0.717, 1.165) is 38.6 Å². The maximum absolute atomic E-state index is 5.70. The lowest BCUT2D eigenvalue weighted by molar-refractivity contribution is 0.173. The highest BCUT2D eigenvalue weighted by atomic mass is 16.5. The molecule has 0 radical (unpaired) electrons. The third kappa shape index (κ3) is 4.60. The van der Waals surface area contributed by atoms with Gasteiger partial charge in [-0.3, -0.25) is 0 Å². The van der Waals surface area contributed by atoms with Gasteiger partial charge in [0.25, 0.3) is 0 Å². The van der Waals surface area contributed by atoms with Crippen LogP contribution in [0.3, 0.4) is 0 Å². The second kappa shape index (κ2) is 5.58. The van der Waals surface area contributed by atoms with Gasteiger partial charge in [-0.15, -0.1) is 0 Å². The summed E-state index contributed by atoms with van der Waals surface area (Å²) in [4.78, 5) is 2.36. The molecular formula is C10H22N2O. The van der Waals surface area contributed by atoms with Crippen LogP contribution >= 0.6 is 0 Å². The van der Waals surface area contributed by atoms with Crippen molar-refractivity contribution in [1.82, 2.24) is 4.90 Å². The van der Waals surface area contributed by atoms with Crippen LogP contribution in [0, 0.1) is 5.92 Å². The van der Waals surface area contributed by atoms with Crippen LogP contribution in [0.15, 0.2) is 0 Å². The third-order valence-electron chi connectivity index (χ3n) is 2.56. The molecule has 2 unspecified atom stereocenters. The summed E-state index contributed by atoms with van der Waals surface area (Å²) in [7, 11) is 2.17. The summed E-state index contributed by atoms with van der Waals surface area (Å²) in [6, 6.07) is 0.322. The van der Waals surface area contributed by atoms with E-state index in [9.17, 15) is 0 Å². The molecule has 3 heteroatoms. The van der Waals surface area contributed by atoms with Crippen LogP contribution < -0.4 is 5.73 Å². The second-order valence-electron chi connectivity index (χ2n) is 4.26.